The molecule has 1 aromatic heterocycles. The topological polar surface area (TPSA) is 46.5 Å². The van der Waals surface area contributed by atoms with Crippen LogP contribution in [0.1, 0.15) is 28.8 Å². The van der Waals surface area contributed by atoms with Crippen molar-refractivity contribution in [2.24, 2.45) is 0 Å². The first kappa shape index (κ1) is 22.9. The summed E-state index contributed by atoms with van der Waals surface area (Å²) in [7, 11) is 1.68. The molecule has 0 atom stereocenters. The molecule has 0 aliphatic heterocycles. The zero-order valence-corrected chi connectivity index (χ0v) is 19.2. The normalized spacial score (nSPS) is 10.8. The van der Waals surface area contributed by atoms with Gasteiger partial charge in [0.1, 0.15) is 0 Å². The molecule has 0 fully saturated rings. The number of carbonyl (C=O) groups is 1. The molecule has 1 N–H and O–H groups in total. The number of urea groups is 1. The second kappa shape index (κ2) is 11.0. The van der Waals surface area contributed by atoms with Gasteiger partial charge in [0.25, 0.3) is 0 Å². The molecule has 0 saturated carbocycles. The number of aromatic nitrogens is 1. The smallest absolute Gasteiger partial charge is 0.322 e. The van der Waals surface area contributed by atoms with Gasteiger partial charge in [-0.1, -0.05) is 41.9 Å². The van der Waals surface area contributed by atoms with Gasteiger partial charge in [-0.2, -0.15) is 0 Å². The Bertz CT molecular complexity index is 1020. The zero-order valence-electron chi connectivity index (χ0n) is 18.4. The highest BCUT2D eigenvalue weighted by Crippen LogP contribution is 2.20. The molecule has 0 aliphatic rings. The number of nitrogens with one attached hydrogen (secondary N) is 1. The average molecular weight is 440 g/mol. The van der Waals surface area contributed by atoms with Crippen molar-refractivity contribution in [3.63, 3.8) is 0 Å². The summed E-state index contributed by atoms with van der Waals surface area (Å²) in [4.78, 5) is 15.0. The van der Waals surface area contributed by atoms with Crippen LogP contribution in [0.3, 0.4) is 0 Å². The van der Waals surface area contributed by atoms with E-state index in [-0.39, 0.29) is 6.03 Å². The summed E-state index contributed by atoms with van der Waals surface area (Å²) < 4.78 is 7.33. The van der Waals surface area contributed by atoms with Crippen LogP contribution in [0.5, 0.6) is 0 Å². The SMILES string of the molecule is COCCCN(Cc1cccn1Cc1ccccc1Cl)C(=O)Nc1cccc(C)c1C. The number of hydrogen-bond acceptors (Lipinski definition) is 2. The molecule has 1 heterocycles. The Kier molecular flexibility index (Phi) is 8.15. The number of rotatable bonds is 9. The minimum atomic E-state index is -0.115. The van der Waals surface area contributed by atoms with Crippen molar-refractivity contribution in [2.45, 2.75) is 33.4 Å². The fourth-order valence-corrected chi connectivity index (χ4v) is 3.68. The largest absolute Gasteiger partial charge is 0.385 e. The molecule has 164 valence electrons. The maximum absolute atomic E-state index is 13.2. The Morgan fingerprint density at radius 2 is 1.90 bits per heavy atom. The predicted octanol–water partition coefficient (Wildman–Crippen LogP) is 5.88. The number of hydrogen-bond donors (Lipinski definition) is 1. The van der Waals surface area contributed by atoms with E-state index < -0.39 is 0 Å². The average Bonchev–Trinajstić information content (AvgIpc) is 3.19. The van der Waals surface area contributed by atoms with Crippen LogP contribution < -0.4 is 5.32 Å². The summed E-state index contributed by atoms with van der Waals surface area (Å²) in [6, 6.07) is 17.7. The maximum Gasteiger partial charge on any atom is 0.322 e. The fraction of sp³-hybridized carbons (Fsp3) is 0.320. The minimum Gasteiger partial charge on any atom is -0.385 e. The van der Waals surface area contributed by atoms with Crippen LogP contribution in [0, 0.1) is 13.8 Å². The molecule has 2 aromatic carbocycles. The van der Waals surface area contributed by atoms with Crippen LogP contribution in [0.25, 0.3) is 0 Å². The highest BCUT2D eigenvalue weighted by Gasteiger charge is 2.17. The van der Waals surface area contributed by atoms with Crippen molar-refractivity contribution >= 4 is 23.3 Å². The Morgan fingerprint density at radius 3 is 2.68 bits per heavy atom. The van der Waals surface area contributed by atoms with Crippen LogP contribution in [-0.4, -0.2) is 35.8 Å². The summed E-state index contributed by atoms with van der Waals surface area (Å²) in [6.45, 7) is 6.43. The number of aryl methyl sites for hydroxylation is 1. The van der Waals surface area contributed by atoms with Gasteiger partial charge in [-0.3, -0.25) is 0 Å². The molecular formula is C25H30ClN3O2. The molecule has 31 heavy (non-hydrogen) atoms. The number of carbonyl (C=O) groups excluding carboxylic acids is 1. The Morgan fingerprint density at radius 1 is 1.10 bits per heavy atom. The third-order valence-corrected chi connectivity index (χ3v) is 5.85. The molecule has 5 nitrogen and oxygen atoms in total. The first-order valence-electron chi connectivity index (χ1n) is 10.5. The second-order valence-corrected chi connectivity index (χ2v) is 8.07. The van der Waals surface area contributed by atoms with Gasteiger partial charge in [-0.25, -0.2) is 4.79 Å². The van der Waals surface area contributed by atoms with E-state index in [1.54, 1.807) is 7.11 Å². The van der Waals surface area contributed by atoms with Gasteiger partial charge in [-0.15, -0.1) is 0 Å². The van der Waals surface area contributed by atoms with E-state index in [4.69, 9.17) is 16.3 Å². The zero-order chi connectivity index (χ0) is 22.2. The lowest BCUT2D eigenvalue weighted by molar-refractivity contribution is 0.171. The van der Waals surface area contributed by atoms with Crippen molar-refractivity contribution in [3.8, 4) is 0 Å². The molecule has 0 radical (unpaired) electrons. The van der Waals surface area contributed by atoms with Crippen molar-refractivity contribution in [3.05, 3.63) is 88.2 Å². The van der Waals surface area contributed by atoms with Crippen LogP contribution in [0.2, 0.25) is 5.02 Å². The number of amides is 2. The predicted molar refractivity (Wildman–Crippen MR) is 127 cm³/mol. The van der Waals surface area contributed by atoms with Crippen LogP contribution in [-0.2, 0) is 17.8 Å². The first-order valence-corrected chi connectivity index (χ1v) is 10.9. The number of ether oxygens (including phenoxy) is 1. The van der Waals surface area contributed by atoms with Gasteiger partial charge in [0.15, 0.2) is 0 Å². The number of benzene rings is 2. The third kappa shape index (κ3) is 6.12. The number of halogens is 1. The molecular weight excluding hydrogens is 410 g/mol. The molecule has 0 unspecified atom stereocenters. The molecule has 6 heteroatoms. The third-order valence-electron chi connectivity index (χ3n) is 5.48. The van der Waals surface area contributed by atoms with Gasteiger partial charge in [0.05, 0.1) is 6.54 Å². The second-order valence-electron chi connectivity index (χ2n) is 7.66. The van der Waals surface area contributed by atoms with Crippen LogP contribution in [0.4, 0.5) is 10.5 Å². The molecule has 3 aromatic rings. The quantitative estimate of drug-likeness (QED) is 0.423. The highest BCUT2D eigenvalue weighted by molar-refractivity contribution is 6.31. The van der Waals surface area contributed by atoms with E-state index in [1.807, 2.05) is 79.5 Å². The Labute approximate surface area is 189 Å². The van der Waals surface area contributed by atoms with E-state index in [9.17, 15) is 4.79 Å². The maximum atomic E-state index is 13.2. The summed E-state index contributed by atoms with van der Waals surface area (Å²) in [6.07, 6.45) is 2.79. The first-order chi connectivity index (χ1) is 15.0. The van der Waals surface area contributed by atoms with Gasteiger partial charge in [0, 0.05) is 49.4 Å². The summed E-state index contributed by atoms with van der Waals surface area (Å²) in [5.41, 5.74) is 5.17. The van der Waals surface area contributed by atoms with Gasteiger partial charge in [-0.05, 0) is 61.2 Å². The van der Waals surface area contributed by atoms with E-state index in [2.05, 4.69) is 9.88 Å². The van der Waals surface area contributed by atoms with Crippen molar-refractivity contribution < 1.29 is 9.53 Å². The molecule has 3 rings (SSSR count). The monoisotopic (exact) mass is 439 g/mol. The molecule has 0 saturated heterocycles. The molecule has 0 spiro atoms. The van der Waals surface area contributed by atoms with Crippen molar-refractivity contribution in [1.82, 2.24) is 9.47 Å². The van der Waals surface area contributed by atoms with E-state index in [0.29, 0.717) is 26.2 Å². The molecule has 0 aliphatic carbocycles. The van der Waals surface area contributed by atoms with Crippen molar-refractivity contribution in [2.75, 3.05) is 25.6 Å². The minimum absolute atomic E-state index is 0.115. The standard InChI is InChI=1S/C25H30ClN3O2/c1-19-9-6-13-24(20(19)2)27-25(30)29(15-8-16-31-3)18-22-11-7-14-28(22)17-21-10-4-5-12-23(21)26/h4-7,9-14H,8,15-18H2,1-3H3,(H,27,30). The van der Waals surface area contributed by atoms with E-state index >= 15 is 0 Å². The lowest BCUT2D eigenvalue weighted by atomic mass is 10.1. The molecule has 2 amide bonds. The van der Waals surface area contributed by atoms with Gasteiger partial charge in [0.2, 0.25) is 0 Å². The Hall–Kier alpha value is -2.76. The molecule has 0 bridgehead atoms. The van der Waals surface area contributed by atoms with Gasteiger partial charge < -0.3 is 19.5 Å². The lowest BCUT2D eigenvalue weighted by Crippen LogP contribution is -2.36. The summed E-state index contributed by atoms with van der Waals surface area (Å²) in [5, 5.41) is 3.83. The Balaban J connectivity index is 1.77. The lowest BCUT2D eigenvalue weighted by Gasteiger charge is -2.25. The number of anilines is 1. The van der Waals surface area contributed by atoms with Gasteiger partial charge >= 0.3 is 6.03 Å². The number of nitrogens with zero attached hydrogens (tertiary/aromatic N) is 2. The summed E-state index contributed by atoms with van der Waals surface area (Å²) in [5.74, 6) is 0. The fourth-order valence-electron chi connectivity index (χ4n) is 3.49. The van der Waals surface area contributed by atoms with Crippen LogP contribution in [0.15, 0.2) is 60.8 Å². The highest BCUT2D eigenvalue weighted by atomic mass is 35.5. The van der Waals surface area contributed by atoms with Crippen molar-refractivity contribution in [1.29, 1.82) is 0 Å². The summed E-state index contributed by atoms with van der Waals surface area (Å²) >= 11 is 6.35. The van der Waals surface area contributed by atoms with E-state index in [0.717, 1.165) is 39.5 Å². The number of methoxy groups -OCH3 is 1. The van der Waals surface area contributed by atoms with E-state index in [1.165, 1.54) is 0 Å². The van der Waals surface area contributed by atoms with Crippen LogP contribution >= 0.6 is 11.6 Å².